The minimum Gasteiger partial charge on any atom is -0.330 e. The molecule has 0 saturated heterocycles. The van der Waals surface area contributed by atoms with Gasteiger partial charge in [0.05, 0.1) is 0 Å². The summed E-state index contributed by atoms with van der Waals surface area (Å²) in [5.74, 6) is 0.255. The molecule has 2 rings (SSSR count). The van der Waals surface area contributed by atoms with Crippen LogP contribution in [0.4, 0.5) is 5.69 Å². The normalized spacial score (nSPS) is 19.6. The van der Waals surface area contributed by atoms with Crippen LogP contribution in [0.15, 0.2) is 18.2 Å². The zero-order valence-corrected chi connectivity index (χ0v) is 8.92. The summed E-state index contributed by atoms with van der Waals surface area (Å²) >= 11 is 0. The molecule has 1 aliphatic heterocycles. The van der Waals surface area contributed by atoms with Crippen molar-refractivity contribution in [2.75, 3.05) is 11.9 Å². The monoisotopic (exact) mass is 204 g/mol. The molecule has 0 saturated carbocycles. The first kappa shape index (κ1) is 10.2. The van der Waals surface area contributed by atoms with E-state index >= 15 is 0 Å². The second-order valence-electron chi connectivity index (χ2n) is 3.96. The third-order valence-corrected chi connectivity index (χ3v) is 2.96. The fraction of sp³-hybridized carbons (Fsp3) is 0.417. The van der Waals surface area contributed by atoms with Crippen molar-refractivity contribution in [1.29, 1.82) is 0 Å². The molecule has 1 aromatic carbocycles. The van der Waals surface area contributed by atoms with E-state index in [1.807, 2.05) is 0 Å². The highest BCUT2D eigenvalue weighted by Gasteiger charge is 2.23. The summed E-state index contributed by atoms with van der Waals surface area (Å²) < 4.78 is 0. The molecule has 15 heavy (non-hydrogen) atoms. The summed E-state index contributed by atoms with van der Waals surface area (Å²) in [5.41, 5.74) is 9.03. The Hall–Kier alpha value is -1.35. The molecule has 0 aliphatic carbocycles. The third-order valence-electron chi connectivity index (χ3n) is 2.96. The Bertz CT molecular complexity index is 387. The number of hydrogen-bond acceptors (Lipinski definition) is 2. The largest absolute Gasteiger partial charge is 0.330 e. The summed E-state index contributed by atoms with van der Waals surface area (Å²) in [6.45, 7) is 2.64. The van der Waals surface area contributed by atoms with Crippen molar-refractivity contribution in [2.45, 2.75) is 25.7 Å². The first-order valence-electron chi connectivity index (χ1n) is 5.37. The van der Waals surface area contributed by atoms with Gasteiger partial charge in [0.2, 0.25) is 5.91 Å². The number of nitrogens with one attached hydrogen (secondary N) is 1. The zero-order valence-electron chi connectivity index (χ0n) is 8.92. The Kier molecular flexibility index (Phi) is 2.73. The molecule has 0 radical (unpaired) electrons. The molecular weight excluding hydrogens is 188 g/mol. The van der Waals surface area contributed by atoms with Crippen LogP contribution in [0.2, 0.25) is 0 Å². The van der Waals surface area contributed by atoms with Crippen molar-refractivity contribution >= 4 is 11.6 Å². The Morgan fingerprint density at radius 3 is 3.00 bits per heavy atom. The van der Waals surface area contributed by atoms with Crippen LogP contribution in [0.1, 0.15) is 30.4 Å². The second-order valence-corrected chi connectivity index (χ2v) is 3.96. The smallest absolute Gasteiger partial charge is 0.225 e. The number of benzene rings is 1. The van der Waals surface area contributed by atoms with Crippen LogP contribution in [0, 0.1) is 0 Å². The van der Waals surface area contributed by atoms with E-state index < -0.39 is 0 Å². The molecule has 0 fully saturated rings. The lowest BCUT2D eigenvalue weighted by Crippen LogP contribution is -2.27. The quantitative estimate of drug-likeness (QED) is 0.769. The van der Waals surface area contributed by atoms with Gasteiger partial charge in [0, 0.05) is 18.0 Å². The maximum absolute atomic E-state index is 11.4. The van der Waals surface area contributed by atoms with Crippen LogP contribution in [0.3, 0.4) is 0 Å². The van der Waals surface area contributed by atoms with Crippen LogP contribution in [0.25, 0.3) is 0 Å². The number of rotatable bonds is 2. The SMILES string of the molecule is CCc1ccc2c(c1)NC(=O)CC2CN. The van der Waals surface area contributed by atoms with Crippen molar-refractivity contribution in [3.63, 3.8) is 0 Å². The molecule has 80 valence electrons. The predicted molar refractivity (Wildman–Crippen MR) is 60.9 cm³/mol. The van der Waals surface area contributed by atoms with Crippen LogP contribution >= 0.6 is 0 Å². The number of carbonyl (C=O) groups excluding carboxylic acids is 1. The fourth-order valence-electron chi connectivity index (χ4n) is 2.03. The molecule has 1 aromatic rings. The van der Waals surface area contributed by atoms with Crippen molar-refractivity contribution in [2.24, 2.45) is 5.73 Å². The van der Waals surface area contributed by atoms with E-state index in [1.54, 1.807) is 0 Å². The molecule has 0 aromatic heterocycles. The van der Waals surface area contributed by atoms with Gasteiger partial charge >= 0.3 is 0 Å². The summed E-state index contributed by atoms with van der Waals surface area (Å²) in [6, 6.07) is 6.25. The molecule has 1 aliphatic rings. The first-order valence-corrected chi connectivity index (χ1v) is 5.37. The van der Waals surface area contributed by atoms with E-state index in [1.165, 1.54) is 11.1 Å². The van der Waals surface area contributed by atoms with E-state index in [0.29, 0.717) is 13.0 Å². The van der Waals surface area contributed by atoms with Gasteiger partial charge < -0.3 is 11.1 Å². The average Bonchev–Trinajstić information content (AvgIpc) is 2.26. The molecule has 3 N–H and O–H groups in total. The van der Waals surface area contributed by atoms with Crippen LogP contribution < -0.4 is 11.1 Å². The van der Waals surface area contributed by atoms with Gasteiger partial charge in [0.25, 0.3) is 0 Å². The maximum Gasteiger partial charge on any atom is 0.225 e. The second kappa shape index (κ2) is 4.03. The van der Waals surface area contributed by atoms with Crippen molar-refractivity contribution < 1.29 is 4.79 Å². The molecule has 3 nitrogen and oxygen atoms in total. The van der Waals surface area contributed by atoms with E-state index in [9.17, 15) is 4.79 Å². The van der Waals surface area contributed by atoms with Crippen molar-refractivity contribution in [1.82, 2.24) is 0 Å². The minimum absolute atomic E-state index is 0.0752. The van der Waals surface area contributed by atoms with Crippen LogP contribution in [0.5, 0.6) is 0 Å². The van der Waals surface area contributed by atoms with E-state index in [0.717, 1.165) is 12.1 Å². The highest BCUT2D eigenvalue weighted by molar-refractivity contribution is 5.94. The number of anilines is 1. The Morgan fingerprint density at radius 1 is 1.53 bits per heavy atom. The number of nitrogens with two attached hydrogens (primary N) is 1. The lowest BCUT2D eigenvalue weighted by Gasteiger charge is -2.24. The lowest BCUT2D eigenvalue weighted by molar-refractivity contribution is -0.116. The maximum atomic E-state index is 11.4. The molecule has 0 spiro atoms. The van der Waals surface area contributed by atoms with Gasteiger partial charge in [-0.1, -0.05) is 19.1 Å². The van der Waals surface area contributed by atoms with Gasteiger partial charge in [-0.25, -0.2) is 0 Å². The molecule has 1 heterocycles. The fourth-order valence-corrected chi connectivity index (χ4v) is 2.03. The molecule has 1 atom stereocenters. The summed E-state index contributed by atoms with van der Waals surface area (Å²) in [6.07, 6.45) is 1.49. The highest BCUT2D eigenvalue weighted by atomic mass is 16.1. The number of fused-ring (bicyclic) bond motifs is 1. The molecule has 1 amide bonds. The number of hydrogen-bond donors (Lipinski definition) is 2. The Labute approximate surface area is 89.7 Å². The Morgan fingerprint density at radius 2 is 2.33 bits per heavy atom. The molecular formula is C12H16N2O. The minimum atomic E-state index is 0.0752. The summed E-state index contributed by atoms with van der Waals surface area (Å²) in [7, 11) is 0. The van der Waals surface area contributed by atoms with Crippen molar-refractivity contribution in [3.05, 3.63) is 29.3 Å². The number of aryl methyl sites for hydroxylation is 1. The Balaban J connectivity index is 2.41. The van der Waals surface area contributed by atoms with Crippen LogP contribution in [-0.4, -0.2) is 12.5 Å². The van der Waals surface area contributed by atoms with Gasteiger partial charge in [-0.2, -0.15) is 0 Å². The highest BCUT2D eigenvalue weighted by Crippen LogP contribution is 2.32. The average molecular weight is 204 g/mol. The summed E-state index contributed by atoms with van der Waals surface area (Å²) in [4.78, 5) is 11.4. The first-order chi connectivity index (χ1) is 7.24. The van der Waals surface area contributed by atoms with E-state index in [-0.39, 0.29) is 11.8 Å². The number of amides is 1. The topological polar surface area (TPSA) is 55.1 Å². The van der Waals surface area contributed by atoms with Gasteiger partial charge in [0.15, 0.2) is 0 Å². The van der Waals surface area contributed by atoms with Gasteiger partial charge in [-0.05, 0) is 30.2 Å². The van der Waals surface area contributed by atoms with Gasteiger partial charge in [-0.3, -0.25) is 4.79 Å². The van der Waals surface area contributed by atoms with Crippen LogP contribution in [-0.2, 0) is 11.2 Å². The number of carbonyl (C=O) groups is 1. The molecule has 3 heteroatoms. The zero-order chi connectivity index (χ0) is 10.8. The van der Waals surface area contributed by atoms with E-state index in [2.05, 4.69) is 30.4 Å². The van der Waals surface area contributed by atoms with Gasteiger partial charge in [-0.15, -0.1) is 0 Å². The van der Waals surface area contributed by atoms with Gasteiger partial charge in [0.1, 0.15) is 0 Å². The lowest BCUT2D eigenvalue weighted by atomic mass is 9.89. The van der Waals surface area contributed by atoms with Crippen molar-refractivity contribution in [3.8, 4) is 0 Å². The van der Waals surface area contributed by atoms with E-state index in [4.69, 9.17) is 5.73 Å². The standard InChI is InChI=1S/C12H16N2O/c1-2-8-3-4-10-9(7-13)6-12(15)14-11(10)5-8/h3-5,9H,2,6-7,13H2,1H3,(H,14,15). The molecule has 0 bridgehead atoms. The predicted octanol–water partition coefficient (Wildman–Crippen LogP) is 1.63. The summed E-state index contributed by atoms with van der Waals surface area (Å²) in [5, 5.41) is 2.90. The third kappa shape index (κ3) is 1.88. The molecule has 1 unspecified atom stereocenters.